The van der Waals surface area contributed by atoms with E-state index in [9.17, 15) is 28.8 Å². The summed E-state index contributed by atoms with van der Waals surface area (Å²) in [6.45, 7) is 42.3. The van der Waals surface area contributed by atoms with Crippen LogP contribution in [0.2, 0.25) is 0 Å². The van der Waals surface area contributed by atoms with E-state index in [1.807, 2.05) is 125 Å². The number of rotatable bonds is 25. The van der Waals surface area contributed by atoms with E-state index < -0.39 is 49.9 Å². The quantitative estimate of drug-likeness (QED) is 0.0607. The van der Waals surface area contributed by atoms with Crippen LogP contribution in [-0.4, -0.2) is 187 Å². The molecule has 0 aromatic heterocycles. The molecule has 704 valence electrons. The van der Waals surface area contributed by atoms with Crippen molar-refractivity contribution < 1.29 is 114 Å². The van der Waals surface area contributed by atoms with E-state index in [0.717, 1.165) is 191 Å². The van der Waals surface area contributed by atoms with Crippen LogP contribution in [0.15, 0.2) is 0 Å². The SMILES string of the molecule is CCC(C)(C)C(=O)OCC1COC(C23CC4CC(CC(C4)C2)C3)O1.CCC(C)(C)C(=O)OCC1COC2(CCC(C)CC2)O1.CCC(C)(C)C(=O)OCC1COC2(CCCC2)O1.CCC(C)(C)C(=O)OCC1COC2(CCCCC2)O1.CCC(C)(C)C(=O)OCC1COC2(CCCCCC2)O1.CCC(C)(C)C(=O)OCC1COC2(CCCCCCC2)O1. The maximum atomic E-state index is 12.1. The van der Waals surface area contributed by atoms with Crippen molar-refractivity contribution >= 4 is 35.8 Å². The maximum Gasteiger partial charge on any atom is 0.311 e. The van der Waals surface area contributed by atoms with Crippen molar-refractivity contribution in [1.29, 1.82) is 0 Å². The fourth-order valence-corrected chi connectivity index (χ4v) is 19.1. The van der Waals surface area contributed by atoms with Gasteiger partial charge in [0.15, 0.2) is 35.2 Å². The van der Waals surface area contributed by atoms with E-state index in [1.54, 1.807) is 0 Å². The smallest absolute Gasteiger partial charge is 0.311 e. The van der Waals surface area contributed by atoms with Gasteiger partial charge in [0.05, 0.1) is 72.1 Å². The third kappa shape index (κ3) is 28.9. The van der Waals surface area contributed by atoms with Gasteiger partial charge < -0.3 is 85.3 Å². The number of carbonyl (C=O) groups excluding carboxylic acids is 6. The van der Waals surface area contributed by atoms with Gasteiger partial charge in [0.1, 0.15) is 76.3 Å². The summed E-state index contributed by atoms with van der Waals surface area (Å²) in [4.78, 5) is 71.8. The highest BCUT2D eigenvalue weighted by atomic mass is 16.8. The molecule has 0 amide bonds. The Morgan fingerprint density at radius 3 is 0.730 bits per heavy atom. The second-order valence-corrected chi connectivity index (χ2v) is 42.7. The molecule has 15 aliphatic rings. The van der Waals surface area contributed by atoms with Gasteiger partial charge in [-0.2, -0.15) is 0 Å². The van der Waals surface area contributed by atoms with Gasteiger partial charge >= 0.3 is 35.8 Å². The molecule has 24 nitrogen and oxygen atoms in total. The van der Waals surface area contributed by atoms with E-state index in [-0.39, 0.29) is 95.7 Å². The van der Waals surface area contributed by atoms with Crippen LogP contribution >= 0.6 is 0 Å². The van der Waals surface area contributed by atoms with Gasteiger partial charge in [-0.15, -0.1) is 0 Å². The first-order chi connectivity index (χ1) is 57.7. The van der Waals surface area contributed by atoms with Crippen LogP contribution in [0.3, 0.4) is 0 Å². The Kier molecular flexibility index (Phi) is 37.9. The van der Waals surface area contributed by atoms with Crippen molar-refractivity contribution in [2.45, 2.75) is 447 Å². The maximum absolute atomic E-state index is 12.1. The van der Waals surface area contributed by atoms with Gasteiger partial charge in [0.2, 0.25) is 0 Å². The van der Waals surface area contributed by atoms with E-state index in [2.05, 4.69) is 6.92 Å². The summed E-state index contributed by atoms with van der Waals surface area (Å²) in [7, 11) is 0. The molecular weight excluding hydrogens is 1560 g/mol. The first kappa shape index (κ1) is 102. The van der Waals surface area contributed by atoms with Crippen LogP contribution in [-0.2, 0) is 114 Å². The number of hydrogen-bond acceptors (Lipinski definition) is 24. The van der Waals surface area contributed by atoms with Crippen molar-refractivity contribution in [1.82, 2.24) is 0 Å². The van der Waals surface area contributed by atoms with Gasteiger partial charge in [0, 0.05) is 69.6 Å². The highest BCUT2D eigenvalue weighted by molar-refractivity contribution is 5.78. The average Bonchev–Trinajstić information content (AvgIpc) is 1.72. The summed E-state index contributed by atoms with van der Waals surface area (Å²) >= 11 is 0. The zero-order chi connectivity index (χ0) is 88.9. The largest absolute Gasteiger partial charge is 0.462 e. The molecule has 9 saturated carbocycles. The van der Waals surface area contributed by atoms with Gasteiger partial charge in [0.25, 0.3) is 0 Å². The molecule has 0 aromatic carbocycles. The summed E-state index contributed by atoms with van der Waals surface area (Å²) < 4.78 is 104. The molecule has 0 N–H and O–H groups in total. The summed E-state index contributed by atoms with van der Waals surface area (Å²) in [6, 6.07) is 0. The van der Waals surface area contributed by atoms with Gasteiger partial charge in [-0.05, 0) is 248 Å². The Balaban J connectivity index is 0.000000167. The van der Waals surface area contributed by atoms with E-state index in [4.69, 9.17) is 85.3 Å². The van der Waals surface area contributed by atoms with Crippen molar-refractivity contribution in [2.75, 3.05) is 79.3 Å². The Labute approximate surface area is 734 Å². The fourth-order valence-electron chi connectivity index (χ4n) is 19.1. The molecule has 9 aliphatic carbocycles. The Morgan fingerprint density at radius 2 is 0.492 bits per heavy atom. The first-order valence-corrected chi connectivity index (χ1v) is 48.6. The zero-order valence-corrected chi connectivity index (χ0v) is 79.5. The van der Waals surface area contributed by atoms with Crippen LogP contribution in [0.5, 0.6) is 0 Å². The standard InChI is InChI=1S/C20H32O4.C17H30O4.2C16H28O4.C15H26O4.C14H24O4/c1-4-19(2,3)17(21)22-11-16-12-23-18(24-16)20-8-13-5-14(9-20)7-15(6-13)10-20;1-4-16(2,3)15(18)19-12-14-13-20-17(21-14)10-8-6-5-7-9-11-17;1-5-15(3,4)14(17)18-10-13-11-19-16(20-13)8-6-12(2)7-9-16;1-4-15(2,3)14(17)18-11-13-12-19-16(20-13)9-7-5-6-8-10-16;1-4-14(2,3)13(16)17-10-12-11-18-15(19-12)8-6-5-7-9-15;1-4-13(2,3)12(15)16-9-11-10-17-14(18-11)7-5-6-8-14/h13-16,18H,4-12H2,1-3H3;14H,4-13H2,1-3H3;12-13H,5-11H2,1-4H3;13H,4-12H2,1-3H3;12H,4-11H2,1-3H3;11H,4-10H2,1-3H3. The minimum atomic E-state index is -0.419. The Bertz CT molecular complexity index is 3180. The number of ether oxygens (including phenoxy) is 18. The van der Waals surface area contributed by atoms with Gasteiger partial charge in [-0.1, -0.05) is 87.0 Å². The lowest BCUT2D eigenvalue weighted by atomic mass is 9.49. The van der Waals surface area contributed by atoms with Crippen LogP contribution in [0.4, 0.5) is 0 Å². The molecule has 6 aliphatic heterocycles. The lowest BCUT2D eigenvalue weighted by Crippen LogP contribution is -2.52. The molecule has 7 unspecified atom stereocenters. The van der Waals surface area contributed by atoms with Crippen molar-refractivity contribution in [3.05, 3.63) is 0 Å². The predicted molar refractivity (Wildman–Crippen MR) is 462 cm³/mol. The van der Waals surface area contributed by atoms with Gasteiger partial charge in [-0.3, -0.25) is 28.8 Å². The van der Waals surface area contributed by atoms with Crippen molar-refractivity contribution in [3.8, 4) is 0 Å². The van der Waals surface area contributed by atoms with E-state index in [1.165, 1.54) is 77.0 Å². The van der Waals surface area contributed by atoms with Crippen LogP contribution in [0, 0.1) is 61.6 Å². The molecule has 5 spiro atoms. The second kappa shape index (κ2) is 45.3. The third-order valence-corrected chi connectivity index (χ3v) is 29.9. The van der Waals surface area contributed by atoms with Crippen molar-refractivity contribution in [2.24, 2.45) is 61.6 Å². The fraction of sp³-hybridized carbons (Fsp3) is 0.939. The Morgan fingerprint density at radius 1 is 0.287 bits per heavy atom. The lowest BCUT2D eigenvalue weighted by molar-refractivity contribution is -0.209. The zero-order valence-electron chi connectivity index (χ0n) is 79.5. The molecule has 0 aromatic rings. The number of hydrogen-bond donors (Lipinski definition) is 0. The van der Waals surface area contributed by atoms with E-state index in [0.29, 0.717) is 79.3 Å². The normalized spacial score (nSPS) is 31.3. The predicted octanol–water partition coefficient (Wildman–Crippen LogP) is 20.2. The molecule has 4 bridgehead atoms. The minimum Gasteiger partial charge on any atom is -0.462 e. The minimum absolute atomic E-state index is 0.0752. The summed E-state index contributed by atoms with van der Waals surface area (Å²) in [5.74, 6) is 0.621. The highest BCUT2D eigenvalue weighted by Crippen LogP contribution is 2.63. The number of carbonyl (C=O) groups is 6. The Hall–Kier alpha value is -3.66. The molecule has 24 heteroatoms. The van der Waals surface area contributed by atoms with Crippen LogP contribution in [0.25, 0.3) is 0 Å². The number of esters is 6. The molecule has 6 saturated heterocycles. The van der Waals surface area contributed by atoms with Gasteiger partial charge in [-0.25, -0.2) is 0 Å². The summed E-state index contributed by atoms with van der Waals surface area (Å²) in [5, 5.41) is 0. The molecule has 0 radical (unpaired) electrons. The molecule has 6 heterocycles. The van der Waals surface area contributed by atoms with E-state index >= 15 is 0 Å². The average molecular weight is 1730 g/mol. The molecule has 7 atom stereocenters. The summed E-state index contributed by atoms with van der Waals surface area (Å²) in [6.07, 6.45) is 41.0. The third-order valence-electron chi connectivity index (χ3n) is 29.9. The first-order valence-electron chi connectivity index (χ1n) is 48.6. The van der Waals surface area contributed by atoms with Crippen LogP contribution in [0.1, 0.15) is 376 Å². The second-order valence-electron chi connectivity index (χ2n) is 42.7. The highest BCUT2D eigenvalue weighted by Gasteiger charge is 2.58. The monoisotopic (exact) mass is 1730 g/mol. The molecule has 15 rings (SSSR count). The lowest BCUT2D eigenvalue weighted by Gasteiger charge is -2.58. The topological polar surface area (TPSA) is 269 Å². The van der Waals surface area contributed by atoms with Crippen molar-refractivity contribution in [3.63, 3.8) is 0 Å². The molecule has 122 heavy (non-hydrogen) atoms. The summed E-state index contributed by atoms with van der Waals surface area (Å²) in [5.41, 5.74) is -2.25. The molecular formula is C98H168O24. The molecule has 15 fully saturated rings. The van der Waals surface area contributed by atoms with Crippen LogP contribution < -0.4 is 0 Å².